The van der Waals surface area contributed by atoms with Gasteiger partial charge in [-0.2, -0.15) is 0 Å². The third-order valence-corrected chi connectivity index (χ3v) is 8.37. The number of aromatic nitrogens is 2. The number of benzene rings is 3. The molecule has 0 N–H and O–H groups in total. The van der Waals surface area contributed by atoms with E-state index in [4.69, 9.17) is 9.97 Å². The summed E-state index contributed by atoms with van der Waals surface area (Å²) in [5, 5.41) is 2.34. The van der Waals surface area contributed by atoms with Crippen LogP contribution in [-0.2, 0) is 29.1 Å². The SMILES string of the molecule is Cc1cc(C(C)(C)Cc2cnc3cc(C(C)(C)Cc4ccc5cc(C(C)(C)C)cnc5c4)ccc3c2)ccc1F. The highest BCUT2D eigenvalue weighted by Crippen LogP contribution is 2.33. The number of aryl methyl sites for hydroxylation is 1. The van der Waals surface area contributed by atoms with E-state index in [1.165, 1.54) is 27.6 Å². The van der Waals surface area contributed by atoms with Crippen LogP contribution in [0.15, 0.2) is 79.1 Å². The molecule has 40 heavy (non-hydrogen) atoms. The van der Waals surface area contributed by atoms with Crippen molar-refractivity contribution in [2.45, 2.75) is 84.5 Å². The third-order valence-electron chi connectivity index (χ3n) is 8.37. The van der Waals surface area contributed by atoms with Crippen molar-refractivity contribution in [1.29, 1.82) is 0 Å². The molecule has 0 aliphatic rings. The van der Waals surface area contributed by atoms with Crippen LogP contribution in [0.1, 0.15) is 81.8 Å². The summed E-state index contributed by atoms with van der Waals surface area (Å²) in [5.74, 6) is -0.155. The lowest BCUT2D eigenvalue weighted by Gasteiger charge is -2.27. The van der Waals surface area contributed by atoms with E-state index in [2.05, 4.69) is 97.0 Å². The molecule has 0 atom stereocenters. The van der Waals surface area contributed by atoms with Gasteiger partial charge >= 0.3 is 0 Å². The Balaban J connectivity index is 1.36. The molecule has 0 saturated carbocycles. The summed E-state index contributed by atoms with van der Waals surface area (Å²) in [6, 6.07) is 23.3. The summed E-state index contributed by atoms with van der Waals surface area (Å²) < 4.78 is 13.8. The molecule has 206 valence electrons. The van der Waals surface area contributed by atoms with E-state index in [1.807, 2.05) is 31.5 Å². The standard InChI is InChI=1S/C37H41FN2/c1-24-15-29(13-14-32(24)38)37(7,8)21-26-16-27-11-12-30(19-34(27)39-22-26)36(5,6)20-25-9-10-28-18-31(35(2,3)4)23-40-33(28)17-25/h9-19,22-23H,20-21H2,1-8H3. The van der Waals surface area contributed by atoms with Crippen LogP contribution in [0.3, 0.4) is 0 Å². The van der Waals surface area contributed by atoms with Crippen LogP contribution in [0.5, 0.6) is 0 Å². The lowest BCUT2D eigenvalue weighted by atomic mass is 9.78. The summed E-state index contributed by atoms with van der Waals surface area (Å²) in [6.07, 6.45) is 5.77. The first-order chi connectivity index (χ1) is 18.7. The van der Waals surface area contributed by atoms with Crippen molar-refractivity contribution in [3.63, 3.8) is 0 Å². The Hall–Kier alpha value is -3.59. The Labute approximate surface area is 238 Å². The predicted octanol–water partition coefficient (Wildman–Crippen LogP) is 9.57. The van der Waals surface area contributed by atoms with Gasteiger partial charge in [0.1, 0.15) is 5.82 Å². The average Bonchev–Trinajstić information content (AvgIpc) is 2.88. The summed E-state index contributed by atoms with van der Waals surface area (Å²) in [6.45, 7) is 17.5. The van der Waals surface area contributed by atoms with Crippen LogP contribution < -0.4 is 0 Å². The van der Waals surface area contributed by atoms with Crippen LogP contribution in [0.2, 0.25) is 0 Å². The van der Waals surface area contributed by atoms with Crippen LogP contribution in [0.25, 0.3) is 21.8 Å². The predicted molar refractivity (Wildman–Crippen MR) is 167 cm³/mol. The van der Waals surface area contributed by atoms with Crippen LogP contribution in [0, 0.1) is 12.7 Å². The summed E-state index contributed by atoms with van der Waals surface area (Å²) in [7, 11) is 0. The van der Waals surface area contributed by atoms with Gasteiger partial charge in [0.2, 0.25) is 0 Å². The zero-order valence-electron chi connectivity index (χ0n) is 25.2. The molecule has 5 rings (SSSR count). The van der Waals surface area contributed by atoms with E-state index >= 15 is 0 Å². The fraction of sp³-hybridized carbons (Fsp3) is 0.351. The first kappa shape index (κ1) is 28.0. The third kappa shape index (κ3) is 5.80. The molecule has 2 heterocycles. The Morgan fingerprint density at radius 1 is 0.575 bits per heavy atom. The van der Waals surface area contributed by atoms with Gasteiger partial charge in [0.25, 0.3) is 0 Å². The largest absolute Gasteiger partial charge is 0.256 e. The van der Waals surface area contributed by atoms with Gasteiger partial charge in [-0.15, -0.1) is 0 Å². The van der Waals surface area contributed by atoms with Crippen molar-refractivity contribution in [3.05, 3.63) is 118 Å². The first-order valence-electron chi connectivity index (χ1n) is 14.3. The highest BCUT2D eigenvalue weighted by atomic mass is 19.1. The number of halogens is 1. The number of nitrogens with zero attached hydrogens (tertiary/aromatic N) is 2. The zero-order chi connectivity index (χ0) is 28.9. The van der Waals surface area contributed by atoms with Crippen LogP contribution in [-0.4, -0.2) is 9.97 Å². The molecule has 0 spiro atoms. The van der Waals surface area contributed by atoms with E-state index in [1.54, 1.807) is 6.07 Å². The molecule has 0 unspecified atom stereocenters. The van der Waals surface area contributed by atoms with Gasteiger partial charge in [0, 0.05) is 23.2 Å². The second kappa shape index (κ2) is 10.1. The maximum atomic E-state index is 13.8. The summed E-state index contributed by atoms with van der Waals surface area (Å²) in [4.78, 5) is 9.66. The molecular weight excluding hydrogens is 491 g/mol. The van der Waals surface area contributed by atoms with Gasteiger partial charge in [-0.3, -0.25) is 9.97 Å². The second-order valence-corrected chi connectivity index (χ2v) is 13.8. The molecule has 0 saturated heterocycles. The van der Waals surface area contributed by atoms with Gasteiger partial charge in [0.15, 0.2) is 0 Å². The van der Waals surface area contributed by atoms with E-state index in [-0.39, 0.29) is 22.1 Å². The Morgan fingerprint density at radius 3 is 1.85 bits per heavy atom. The molecule has 0 aliphatic heterocycles. The molecule has 3 heteroatoms. The van der Waals surface area contributed by atoms with E-state index in [0.717, 1.165) is 34.8 Å². The lowest BCUT2D eigenvalue weighted by Crippen LogP contribution is -2.21. The van der Waals surface area contributed by atoms with Gasteiger partial charge in [-0.05, 0) is 99.7 Å². The van der Waals surface area contributed by atoms with Gasteiger partial charge in [-0.1, -0.05) is 84.9 Å². The highest BCUT2D eigenvalue weighted by molar-refractivity contribution is 5.81. The normalized spacial score (nSPS) is 12.8. The number of rotatable bonds is 6. The van der Waals surface area contributed by atoms with E-state index in [9.17, 15) is 4.39 Å². The van der Waals surface area contributed by atoms with Gasteiger partial charge in [-0.25, -0.2) is 4.39 Å². The average molecular weight is 533 g/mol. The molecule has 0 fully saturated rings. The fourth-order valence-corrected chi connectivity index (χ4v) is 5.66. The lowest BCUT2D eigenvalue weighted by molar-refractivity contribution is 0.518. The Bertz CT molecular complexity index is 1710. The minimum absolute atomic E-state index is 0.0595. The van der Waals surface area contributed by atoms with Crippen molar-refractivity contribution >= 4 is 21.8 Å². The molecule has 0 bridgehead atoms. The van der Waals surface area contributed by atoms with Crippen LogP contribution >= 0.6 is 0 Å². The molecule has 0 amide bonds. The monoisotopic (exact) mass is 532 g/mol. The summed E-state index contributed by atoms with van der Waals surface area (Å²) in [5.41, 5.74) is 8.80. The number of fused-ring (bicyclic) bond motifs is 2. The molecule has 5 aromatic rings. The smallest absolute Gasteiger partial charge is 0.126 e. The van der Waals surface area contributed by atoms with E-state index < -0.39 is 0 Å². The number of hydrogen-bond donors (Lipinski definition) is 0. The first-order valence-corrected chi connectivity index (χ1v) is 14.3. The van der Waals surface area contributed by atoms with Gasteiger partial charge < -0.3 is 0 Å². The maximum Gasteiger partial charge on any atom is 0.126 e. The molecule has 2 aromatic heterocycles. The number of hydrogen-bond acceptors (Lipinski definition) is 2. The molecule has 3 aromatic carbocycles. The van der Waals surface area contributed by atoms with Crippen molar-refractivity contribution in [1.82, 2.24) is 9.97 Å². The van der Waals surface area contributed by atoms with Crippen LogP contribution in [0.4, 0.5) is 4.39 Å². The fourth-order valence-electron chi connectivity index (χ4n) is 5.66. The molecule has 0 aliphatic carbocycles. The summed E-state index contributed by atoms with van der Waals surface area (Å²) >= 11 is 0. The minimum Gasteiger partial charge on any atom is -0.256 e. The zero-order valence-corrected chi connectivity index (χ0v) is 25.2. The van der Waals surface area contributed by atoms with Crippen molar-refractivity contribution in [3.8, 4) is 0 Å². The van der Waals surface area contributed by atoms with Gasteiger partial charge in [0.05, 0.1) is 11.0 Å². The Morgan fingerprint density at radius 2 is 1.15 bits per heavy atom. The molecular formula is C37H41FN2. The van der Waals surface area contributed by atoms with Crippen molar-refractivity contribution < 1.29 is 4.39 Å². The highest BCUT2D eigenvalue weighted by Gasteiger charge is 2.24. The minimum atomic E-state index is -0.155. The van der Waals surface area contributed by atoms with E-state index in [0.29, 0.717) is 5.56 Å². The number of pyridine rings is 2. The molecule has 0 radical (unpaired) electrons. The quantitative estimate of drug-likeness (QED) is 0.218. The van der Waals surface area contributed by atoms with Crippen molar-refractivity contribution in [2.24, 2.45) is 0 Å². The van der Waals surface area contributed by atoms with Crippen molar-refractivity contribution in [2.75, 3.05) is 0 Å². The second-order valence-electron chi connectivity index (χ2n) is 13.8. The topological polar surface area (TPSA) is 25.8 Å². The Kier molecular flexibility index (Phi) is 7.06. The molecule has 2 nitrogen and oxygen atoms in total. The maximum absolute atomic E-state index is 13.8.